The first-order chi connectivity index (χ1) is 11.9. The molecule has 1 heterocycles. The van der Waals surface area contributed by atoms with Gasteiger partial charge in [-0.2, -0.15) is 4.98 Å². The smallest absolute Gasteiger partial charge is 0.232 e. The van der Waals surface area contributed by atoms with Crippen LogP contribution in [0.25, 0.3) is 0 Å². The van der Waals surface area contributed by atoms with Crippen LogP contribution in [-0.2, 0) is 10.0 Å². The molecular formula is C13H14Cl2N4O3S. The first-order valence-corrected chi connectivity index (χ1v) is 8.69. The van der Waals surface area contributed by atoms with Crippen molar-refractivity contribution in [2.24, 2.45) is 0 Å². The predicted octanol–water partition coefficient (Wildman–Crippen LogP) is 2.93. The molecule has 124 valence electrons. The average Bonchev–Trinajstić information content (AvgIpc) is 2.49. The minimum Gasteiger partial charge on any atom is -0.497 e. The topological polar surface area (TPSA) is 84.4 Å². The maximum absolute atomic E-state index is 11.9. The molecule has 2 rings (SSSR count). The van der Waals surface area contributed by atoms with E-state index in [9.17, 15) is 8.42 Å². The number of halogens is 2. The number of nitrogens with zero attached hydrogens (tertiary/aromatic N) is 3. The number of hydrogen-bond donors (Lipinski definition) is 1. The molecule has 7 nitrogen and oxygen atoms in total. The van der Waals surface area contributed by atoms with Gasteiger partial charge in [0, 0.05) is 13.1 Å². The van der Waals surface area contributed by atoms with Crippen molar-refractivity contribution in [2.45, 2.75) is 0 Å². The van der Waals surface area contributed by atoms with E-state index in [4.69, 9.17) is 32.1 Å². The zero-order valence-corrected chi connectivity index (χ0v) is 14.4. The SMILES string of the molecule is [2H]C([2H])([2H])Oc1ccc(Nc2nc(Cl)ncc2Cl)c(N(C)S(C)(=O)=O)c1. The fourth-order valence-electron chi connectivity index (χ4n) is 1.68. The Kier molecular flexibility index (Phi) is 4.02. The lowest BCUT2D eigenvalue weighted by Crippen LogP contribution is -2.25. The van der Waals surface area contributed by atoms with Gasteiger partial charge in [-0.15, -0.1) is 0 Å². The molecular weight excluding hydrogens is 363 g/mol. The molecule has 0 bridgehead atoms. The molecule has 0 atom stereocenters. The van der Waals surface area contributed by atoms with Gasteiger partial charge in [-0.25, -0.2) is 13.4 Å². The Hall–Kier alpha value is -1.77. The van der Waals surface area contributed by atoms with E-state index in [0.29, 0.717) is 0 Å². The van der Waals surface area contributed by atoms with Crippen LogP contribution >= 0.6 is 23.2 Å². The second-order valence-corrected chi connectivity index (χ2v) is 7.23. The number of nitrogens with one attached hydrogen (secondary N) is 1. The Balaban J connectivity index is 2.52. The quantitative estimate of drug-likeness (QED) is 0.803. The molecule has 0 fully saturated rings. The maximum atomic E-state index is 11.9. The lowest BCUT2D eigenvalue weighted by Gasteiger charge is -2.21. The Labute approximate surface area is 148 Å². The van der Waals surface area contributed by atoms with Crippen molar-refractivity contribution >= 4 is 50.4 Å². The number of hydrogen-bond acceptors (Lipinski definition) is 6. The first-order valence-electron chi connectivity index (χ1n) is 7.59. The minimum absolute atomic E-state index is 0.0344. The number of sulfonamides is 1. The van der Waals surface area contributed by atoms with Crippen molar-refractivity contribution in [3.63, 3.8) is 0 Å². The summed E-state index contributed by atoms with van der Waals surface area (Å²) in [7, 11) is -5.02. The normalized spacial score (nSPS) is 13.7. The number of ether oxygens (including phenoxy) is 1. The van der Waals surface area contributed by atoms with Crippen LogP contribution in [0.3, 0.4) is 0 Å². The van der Waals surface area contributed by atoms with Crippen molar-refractivity contribution < 1.29 is 17.3 Å². The third kappa shape index (κ3) is 4.15. The van der Waals surface area contributed by atoms with E-state index in [0.717, 1.165) is 10.6 Å². The van der Waals surface area contributed by atoms with Crippen molar-refractivity contribution in [1.29, 1.82) is 0 Å². The summed E-state index contributed by atoms with van der Waals surface area (Å²) in [5.74, 6) is 0.118. The van der Waals surface area contributed by atoms with Crippen molar-refractivity contribution in [2.75, 3.05) is 30.0 Å². The zero-order valence-electron chi connectivity index (χ0n) is 15.0. The fraction of sp³-hybridized carbons (Fsp3) is 0.231. The van der Waals surface area contributed by atoms with E-state index >= 15 is 0 Å². The van der Waals surface area contributed by atoms with E-state index in [1.54, 1.807) is 0 Å². The van der Waals surface area contributed by atoms with Crippen LogP contribution in [0.1, 0.15) is 4.11 Å². The molecule has 0 spiro atoms. The lowest BCUT2D eigenvalue weighted by atomic mass is 10.2. The maximum Gasteiger partial charge on any atom is 0.232 e. The molecule has 0 radical (unpaired) electrons. The van der Waals surface area contributed by atoms with Gasteiger partial charge in [-0.3, -0.25) is 4.31 Å². The van der Waals surface area contributed by atoms with Crippen molar-refractivity contribution in [3.8, 4) is 5.75 Å². The Morgan fingerprint density at radius 2 is 2.13 bits per heavy atom. The summed E-state index contributed by atoms with van der Waals surface area (Å²) >= 11 is 11.8. The number of benzene rings is 1. The molecule has 23 heavy (non-hydrogen) atoms. The average molecular weight is 380 g/mol. The van der Waals surface area contributed by atoms with Crippen LogP contribution in [0.2, 0.25) is 10.3 Å². The first kappa shape index (κ1) is 13.6. The van der Waals surface area contributed by atoms with Gasteiger partial charge in [-0.1, -0.05) is 11.6 Å². The van der Waals surface area contributed by atoms with Crippen LogP contribution in [-0.4, -0.2) is 38.7 Å². The molecule has 2 aromatic rings. The highest BCUT2D eigenvalue weighted by Crippen LogP contribution is 2.34. The monoisotopic (exact) mass is 379 g/mol. The van der Waals surface area contributed by atoms with Crippen molar-refractivity contribution in [3.05, 3.63) is 34.7 Å². The number of rotatable bonds is 5. The second kappa shape index (κ2) is 6.77. The summed E-state index contributed by atoms with van der Waals surface area (Å²) in [4.78, 5) is 7.66. The lowest BCUT2D eigenvalue weighted by molar-refractivity contribution is 0.415. The largest absolute Gasteiger partial charge is 0.497 e. The second-order valence-electron chi connectivity index (χ2n) is 4.47. The van der Waals surface area contributed by atoms with Crippen LogP contribution in [0, 0.1) is 0 Å². The number of methoxy groups -OCH3 is 1. The zero-order chi connectivity index (χ0) is 19.7. The summed E-state index contributed by atoms with van der Waals surface area (Å²) in [6.07, 6.45) is 2.29. The molecule has 1 N–H and O–H groups in total. The Morgan fingerprint density at radius 3 is 2.78 bits per heavy atom. The number of aromatic nitrogens is 2. The van der Waals surface area contributed by atoms with Crippen molar-refractivity contribution in [1.82, 2.24) is 9.97 Å². The Morgan fingerprint density at radius 1 is 1.39 bits per heavy atom. The van der Waals surface area contributed by atoms with Gasteiger partial charge in [0.1, 0.15) is 10.8 Å². The van der Waals surface area contributed by atoms with Crippen LogP contribution in [0.4, 0.5) is 17.2 Å². The third-order valence-corrected chi connectivity index (χ3v) is 4.54. The predicted molar refractivity (Wildman–Crippen MR) is 91.6 cm³/mol. The summed E-state index contributed by atoms with van der Waals surface area (Å²) < 4.78 is 51.2. The van der Waals surface area contributed by atoms with Gasteiger partial charge in [0.05, 0.1) is 35.0 Å². The fourth-order valence-corrected chi connectivity index (χ4v) is 2.46. The highest BCUT2D eigenvalue weighted by atomic mass is 35.5. The summed E-state index contributed by atoms with van der Waals surface area (Å²) in [6, 6.07) is 4.07. The molecule has 1 aromatic carbocycles. The van der Waals surface area contributed by atoms with Gasteiger partial charge < -0.3 is 10.1 Å². The summed E-state index contributed by atoms with van der Waals surface area (Å²) in [5.41, 5.74) is 0.410. The molecule has 10 heteroatoms. The highest BCUT2D eigenvalue weighted by molar-refractivity contribution is 7.92. The van der Waals surface area contributed by atoms with Crippen LogP contribution < -0.4 is 14.4 Å². The van der Waals surface area contributed by atoms with Gasteiger partial charge >= 0.3 is 0 Å². The minimum atomic E-state index is -3.64. The highest BCUT2D eigenvalue weighted by Gasteiger charge is 2.18. The molecule has 0 amide bonds. The van der Waals surface area contributed by atoms with Crippen LogP contribution in [0.15, 0.2) is 24.4 Å². The molecule has 0 saturated carbocycles. The number of anilines is 3. The van der Waals surface area contributed by atoms with E-state index in [1.807, 2.05) is 0 Å². The molecule has 0 unspecified atom stereocenters. The van der Waals surface area contributed by atoms with E-state index in [-0.39, 0.29) is 33.2 Å². The molecule has 0 aliphatic carbocycles. The van der Waals surface area contributed by atoms with E-state index < -0.39 is 17.1 Å². The standard InChI is InChI=1S/C13H14Cl2N4O3S/c1-19(23(3,20)21)11-6-8(22-2)4-5-10(11)17-12-9(14)7-16-13(15)18-12/h4-7H,1-3H3,(H,16,17,18)/i2D3. The van der Waals surface area contributed by atoms with E-state index in [1.165, 1.54) is 31.4 Å². The molecule has 0 aliphatic rings. The summed E-state index contributed by atoms with van der Waals surface area (Å²) in [6.45, 7) is 0. The Bertz CT molecular complexity index is 925. The molecule has 0 saturated heterocycles. The van der Waals surface area contributed by atoms with Gasteiger partial charge in [0.15, 0.2) is 5.82 Å². The van der Waals surface area contributed by atoms with Crippen LogP contribution in [0.5, 0.6) is 5.75 Å². The van der Waals surface area contributed by atoms with Gasteiger partial charge in [0.2, 0.25) is 15.3 Å². The van der Waals surface area contributed by atoms with Gasteiger partial charge in [-0.05, 0) is 23.7 Å². The molecule has 1 aromatic heterocycles. The summed E-state index contributed by atoms with van der Waals surface area (Å²) in [5, 5.41) is 2.95. The van der Waals surface area contributed by atoms with E-state index in [2.05, 4.69) is 15.3 Å². The van der Waals surface area contributed by atoms with Gasteiger partial charge in [0.25, 0.3) is 0 Å². The third-order valence-electron chi connectivity index (χ3n) is 2.89. The molecule has 0 aliphatic heterocycles.